The summed E-state index contributed by atoms with van der Waals surface area (Å²) in [6.07, 6.45) is 0. The number of fused-ring (bicyclic) bond motifs is 1. The van der Waals surface area contributed by atoms with E-state index in [1.54, 1.807) is 31.3 Å². The van der Waals surface area contributed by atoms with E-state index < -0.39 is 5.76 Å². The number of hydrogen-bond acceptors (Lipinski definition) is 4. The van der Waals surface area contributed by atoms with Gasteiger partial charge >= 0.3 is 5.76 Å². The molecule has 0 aliphatic carbocycles. The number of anilines is 2. The van der Waals surface area contributed by atoms with Crippen molar-refractivity contribution in [1.82, 2.24) is 4.57 Å². The third-order valence-corrected chi connectivity index (χ3v) is 3.67. The fourth-order valence-corrected chi connectivity index (χ4v) is 2.33. The minimum atomic E-state index is -0.429. The van der Waals surface area contributed by atoms with Crippen LogP contribution in [0.25, 0.3) is 11.1 Å². The Labute approximate surface area is 132 Å². The van der Waals surface area contributed by atoms with Gasteiger partial charge in [-0.2, -0.15) is 0 Å². The molecule has 0 saturated heterocycles. The Balaban J connectivity index is 1.89. The van der Waals surface area contributed by atoms with Crippen molar-refractivity contribution in [3.05, 3.63) is 58.6 Å². The molecule has 0 spiro atoms. The zero-order valence-electron chi connectivity index (χ0n) is 13.2. The van der Waals surface area contributed by atoms with Gasteiger partial charge in [0.1, 0.15) is 0 Å². The summed E-state index contributed by atoms with van der Waals surface area (Å²) in [5.41, 5.74) is 3.25. The predicted molar refractivity (Wildman–Crippen MR) is 90.2 cm³/mol. The van der Waals surface area contributed by atoms with Gasteiger partial charge in [0.2, 0.25) is 0 Å². The van der Waals surface area contributed by atoms with Gasteiger partial charge in [-0.25, -0.2) is 4.79 Å². The maximum absolute atomic E-state index is 12.4. The molecule has 0 saturated carbocycles. The number of nitrogens with one attached hydrogen (secondary N) is 1. The number of rotatable bonds is 3. The van der Waals surface area contributed by atoms with Crippen molar-refractivity contribution < 1.29 is 9.21 Å². The van der Waals surface area contributed by atoms with E-state index in [4.69, 9.17) is 4.42 Å². The van der Waals surface area contributed by atoms with Crippen molar-refractivity contribution in [2.75, 3.05) is 24.3 Å². The van der Waals surface area contributed by atoms with E-state index in [9.17, 15) is 9.59 Å². The van der Waals surface area contributed by atoms with E-state index in [-0.39, 0.29) is 5.91 Å². The lowest BCUT2D eigenvalue weighted by Gasteiger charge is -2.13. The van der Waals surface area contributed by atoms with Crippen LogP contribution in [0.15, 0.2) is 51.7 Å². The van der Waals surface area contributed by atoms with Crippen LogP contribution in [0.5, 0.6) is 0 Å². The first kappa shape index (κ1) is 14.9. The quantitative estimate of drug-likeness (QED) is 0.807. The van der Waals surface area contributed by atoms with Crippen LogP contribution in [-0.4, -0.2) is 24.6 Å². The van der Waals surface area contributed by atoms with Crippen LogP contribution in [0, 0.1) is 0 Å². The lowest BCUT2D eigenvalue weighted by molar-refractivity contribution is 0.102. The number of aromatic nitrogens is 1. The van der Waals surface area contributed by atoms with Crippen molar-refractivity contribution >= 4 is 28.4 Å². The molecule has 118 valence electrons. The Hall–Kier alpha value is -3.02. The summed E-state index contributed by atoms with van der Waals surface area (Å²) >= 11 is 0. The summed E-state index contributed by atoms with van der Waals surface area (Å²) in [6, 6.07) is 12.4. The molecule has 0 fully saturated rings. The van der Waals surface area contributed by atoms with Crippen LogP contribution in [0.1, 0.15) is 10.4 Å². The third kappa shape index (κ3) is 2.83. The van der Waals surface area contributed by atoms with Gasteiger partial charge in [0.25, 0.3) is 5.91 Å². The molecule has 2 aromatic carbocycles. The number of nitrogens with zero attached hydrogens (tertiary/aromatic N) is 2. The molecule has 0 unspecified atom stereocenters. The molecule has 6 heteroatoms. The number of oxazole rings is 1. The van der Waals surface area contributed by atoms with E-state index in [1.807, 2.05) is 37.2 Å². The molecule has 1 aromatic heterocycles. The van der Waals surface area contributed by atoms with Gasteiger partial charge in [-0.05, 0) is 36.4 Å². The average molecular weight is 311 g/mol. The third-order valence-electron chi connectivity index (χ3n) is 3.67. The summed E-state index contributed by atoms with van der Waals surface area (Å²) in [5.74, 6) is -0.635. The molecule has 0 bridgehead atoms. The predicted octanol–water partition coefficient (Wildman–Crippen LogP) is 2.45. The first-order valence-corrected chi connectivity index (χ1v) is 7.14. The smallest absolute Gasteiger partial charge is 0.408 e. The highest BCUT2D eigenvalue weighted by atomic mass is 16.4. The van der Waals surface area contributed by atoms with Crippen LogP contribution in [0.3, 0.4) is 0 Å². The first-order valence-electron chi connectivity index (χ1n) is 7.14. The van der Waals surface area contributed by atoms with Gasteiger partial charge in [-0.15, -0.1) is 0 Å². The summed E-state index contributed by atoms with van der Waals surface area (Å²) < 4.78 is 6.47. The molecule has 0 aliphatic heterocycles. The minimum absolute atomic E-state index is 0.207. The van der Waals surface area contributed by atoms with Gasteiger partial charge < -0.3 is 14.6 Å². The van der Waals surface area contributed by atoms with Crippen LogP contribution in [0.2, 0.25) is 0 Å². The van der Waals surface area contributed by atoms with Crippen molar-refractivity contribution in [3.8, 4) is 0 Å². The Morgan fingerprint density at radius 2 is 1.96 bits per heavy atom. The molecular weight excluding hydrogens is 294 g/mol. The zero-order chi connectivity index (χ0) is 16.6. The Morgan fingerprint density at radius 3 is 2.70 bits per heavy atom. The number of aryl methyl sites for hydroxylation is 1. The fourth-order valence-electron chi connectivity index (χ4n) is 2.33. The number of amides is 1. The van der Waals surface area contributed by atoms with Crippen molar-refractivity contribution in [2.24, 2.45) is 7.05 Å². The summed E-state index contributed by atoms with van der Waals surface area (Å²) in [4.78, 5) is 25.8. The topological polar surface area (TPSA) is 67.5 Å². The number of carbonyl (C=O) groups excluding carboxylic acids is 1. The highest BCUT2D eigenvalue weighted by Crippen LogP contribution is 2.19. The van der Waals surface area contributed by atoms with Crippen LogP contribution in [-0.2, 0) is 7.05 Å². The Kier molecular flexibility index (Phi) is 3.65. The second-order valence-corrected chi connectivity index (χ2v) is 5.51. The number of benzene rings is 2. The normalized spacial score (nSPS) is 10.7. The molecule has 3 rings (SSSR count). The highest BCUT2D eigenvalue weighted by molar-refractivity contribution is 6.05. The highest BCUT2D eigenvalue weighted by Gasteiger charge is 2.10. The van der Waals surface area contributed by atoms with E-state index in [1.165, 1.54) is 4.57 Å². The van der Waals surface area contributed by atoms with Crippen LogP contribution in [0.4, 0.5) is 11.4 Å². The lowest BCUT2D eigenvalue weighted by Crippen LogP contribution is -2.14. The molecule has 1 amide bonds. The van der Waals surface area contributed by atoms with E-state index in [0.29, 0.717) is 22.4 Å². The maximum atomic E-state index is 12.4. The molecule has 3 aromatic rings. The SMILES string of the molecule is CN(C)c1cccc(C(=O)Nc2ccc3oc(=O)n(C)c3c2)c1. The van der Waals surface area contributed by atoms with E-state index in [0.717, 1.165) is 5.69 Å². The standard InChI is InChI=1S/C17H17N3O3/c1-19(2)13-6-4-5-11(9-13)16(21)18-12-7-8-15-14(10-12)20(3)17(22)23-15/h4-10H,1-3H3,(H,18,21). The summed E-state index contributed by atoms with van der Waals surface area (Å²) in [6.45, 7) is 0. The van der Waals surface area contributed by atoms with Gasteiger partial charge in [0, 0.05) is 38.1 Å². The van der Waals surface area contributed by atoms with Crippen LogP contribution < -0.4 is 16.0 Å². The van der Waals surface area contributed by atoms with Crippen molar-refractivity contribution in [3.63, 3.8) is 0 Å². The molecule has 0 radical (unpaired) electrons. The molecule has 0 aliphatic rings. The summed E-state index contributed by atoms with van der Waals surface area (Å²) in [5, 5.41) is 2.84. The number of hydrogen-bond donors (Lipinski definition) is 1. The molecule has 0 atom stereocenters. The minimum Gasteiger partial charge on any atom is -0.408 e. The largest absolute Gasteiger partial charge is 0.419 e. The Bertz CT molecular complexity index is 938. The molecule has 1 N–H and O–H groups in total. The van der Waals surface area contributed by atoms with E-state index >= 15 is 0 Å². The second-order valence-electron chi connectivity index (χ2n) is 5.51. The maximum Gasteiger partial charge on any atom is 0.419 e. The van der Waals surface area contributed by atoms with E-state index in [2.05, 4.69) is 5.32 Å². The zero-order valence-corrected chi connectivity index (χ0v) is 13.2. The van der Waals surface area contributed by atoms with Gasteiger partial charge in [0.15, 0.2) is 5.58 Å². The first-order chi connectivity index (χ1) is 11.0. The molecule has 1 heterocycles. The monoisotopic (exact) mass is 311 g/mol. The van der Waals surface area contributed by atoms with Gasteiger partial charge in [0.05, 0.1) is 5.52 Å². The van der Waals surface area contributed by atoms with Crippen molar-refractivity contribution in [1.29, 1.82) is 0 Å². The average Bonchev–Trinajstić information content (AvgIpc) is 2.82. The van der Waals surface area contributed by atoms with Crippen molar-refractivity contribution in [2.45, 2.75) is 0 Å². The molecule has 6 nitrogen and oxygen atoms in total. The van der Waals surface area contributed by atoms with Gasteiger partial charge in [-0.3, -0.25) is 9.36 Å². The molecule has 23 heavy (non-hydrogen) atoms. The Morgan fingerprint density at radius 1 is 1.17 bits per heavy atom. The van der Waals surface area contributed by atoms with Crippen LogP contribution >= 0.6 is 0 Å². The fraction of sp³-hybridized carbons (Fsp3) is 0.176. The second kappa shape index (κ2) is 5.64. The molecular formula is C17H17N3O3. The lowest BCUT2D eigenvalue weighted by atomic mass is 10.1. The number of carbonyl (C=O) groups is 1. The summed E-state index contributed by atoms with van der Waals surface area (Å²) in [7, 11) is 5.47. The van der Waals surface area contributed by atoms with Gasteiger partial charge in [-0.1, -0.05) is 6.07 Å².